The van der Waals surface area contributed by atoms with E-state index < -0.39 is 5.92 Å². The van der Waals surface area contributed by atoms with Gasteiger partial charge in [-0.05, 0) is 72.3 Å². The minimum absolute atomic E-state index is 0.202. The van der Waals surface area contributed by atoms with E-state index in [1.165, 1.54) is 5.56 Å². The Hall–Kier alpha value is -3.74. The van der Waals surface area contributed by atoms with Crippen molar-refractivity contribution in [1.29, 1.82) is 0 Å². The molecular weight excluding hydrogens is 504 g/mol. The van der Waals surface area contributed by atoms with Crippen LogP contribution >= 0.6 is 11.3 Å². The van der Waals surface area contributed by atoms with Crippen LogP contribution in [-0.2, 0) is 27.4 Å². The van der Waals surface area contributed by atoms with Crippen LogP contribution < -0.4 is 5.32 Å². The van der Waals surface area contributed by atoms with Gasteiger partial charge in [0.15, 0.2) is 0 Å². The summed E-state index contributed by atoms with van der Waals surface area (Å²) >= 11 is 1.64. The van der Waals surface area contributed by atoms with Crippen molar-refractivity contribution in [3.8, 4) is 10.4 Å². The van der Waals surface area contributed by atoms with E-state index in [1.807, 2.05) is 48.5 Å². The summed E-state index contributed by atoms with van der Waals surface area (Å²) in [5.41, 5.74) is 4.24. The molecule has 1 fully saturated rings. The predicted octanol–water partition coefficient (Wildman–Crippen LogP) is 6.25. The molecule has 0 spiro atoms. The van der Waals surface area contributed by atoms with Crippen LogP contribution in [0.2, 0.25) is 0 Å². The zero-order valence-corrected chi connectivity index (χ0v) is 22.8. The zero-order chi connectivity index (χ0) is 26.9. The molecule has 1 aliphatic rings. The smallest absolute Gasteiger partial charge is 0.317 e. The molecule has 1 aliphatic heterocycles. The number of piperidine rings is 1. The molecule has 1 atom stereocenters. The number of carbonyl (C=O) groups excluding carboxylic acids is 2. The van der Waals surface area contributed by atoms with E-state index in [9.17, 15) is 9.59 Å². The van der Waals surface area contributed by atoms with Gasteiger partial charge in [0.25, 0.3) is 0 Å². The Morgan fingerprint density at radius 3 is 2.38 bits per heavy atom. The number of hydrogen-bond donors (Lipinski definition) is 1. The number of ether oxygens (including phenoxy) is 1. The summed E-state index contributed by atoms with van der Waals surface area (Å²) in [6.45, 7) is 3.98. The number of carbonyl (C=O) groups is 2. The summed E-state index contributed by atoms with van der Waals surface area (Å²) in [5, 5.41) is 2.72. The maximum absolute atomic E-state index is 13.6. The van der Waals surface area contributed by atoms with Crippen LogP contribution in [0.3, 0.4) is 0 Å². The van der Waals surface area contributed by atoms with E-state index in [0.29, 0.717) is 25.5 Å². The van der Waals surface area contributed by atoms with Crippen molar-refractivity contribution in [1.82, 2.24) is 10.2 Å². The molecule has 2 heterocycles. The van der Waals surface area contributed by atoms with Crippen LogP contribution in [0.25, 0.3) is 10.4 Å². The minimum atomic E-state index is -0.486. The van der Waals surface area contributed by atoms with Crippen LogP contribution in [0.15, 0.2) is 97.1 Å². The standard InChI is InChI=1S/C33H34N2O3S/c36-24-34-21-30-14-15-31(39-30)28-12-7-13-29(20-28)32(27-10-5-2-6-11-27)33(37)38-23-26-16-18-35(19-17-26)22-25-8-3-1-4-9-25/h1-15,20,24,26,32H,16-19,21-23H2,(H,34,36). The predicted molar refractivity (Wildman–Crippen MR) is 156 cm³/mol. The molecule has 0 radical (unpaired) electrons. The van der Waals surface area contributed by atoms with Crippen molar-refractivity contribution in [3.63, 3.8) is 0 Å². The van der Waals surface area contributed by atoms with Crippen LogP contribution in [-0.4, -0.2) is 37.0 Å². The maximum atomic E-state index is 13.6. The van der Waals surface area contributed by atoms with Crippen LogP contribution in [0, 0.1) is 5.92 Å². The number of rotatable bonds is 11. The van der Waals surface area contributed by atoms with E-state index in [0.717, 1.165) is 58.9 Å². The van der Waals surface area contributed by atoms with Gasteiger partial charge in [-0.25, -0.2) is 0 Å². The van der Waals surface area contributed by atoms with Crippen molar-refractivity contribution in [2.75, 3.05) is 19.7 Å². The van der Waals surface area contributed by atoms with Crippen molar-refractivity contribution in [2.45, 2.75) is 31.8 Å². The summed E-state index contributed by atoms with van der Waals surface area (Å²) in [5.74, 6) is -0.305. The Bertz CT molecular complexity index is 1350. The van der Waals surface area contributed by atoms with Gasteiger partial charge in [0.1, 0.15) is 5.92 Å². The molecule has 0 aliphatic carbocycles. The lowest BCUT2D eigenvalue weighted by Gasteiger charge is -2.32. The Morgan fingerprint density at radius 1 is 0.923 bits per heavy atom. The monoisotopic (exact) mass is 538 g/mol. The third kappa shape index (κ3) is 7.22. The highest BCUT2D eigenvalue weighted by Crippen LogP contribution is 2.33. The van der Waals surface area contributed by atoms with Gasteiger partial charge in [-0.3, -0.25) is 14.5 Å². The maximum Gasteiger partial charge on any atom is 0.317 e. The fourth-order valence-electron chi connectivity index (χ4n) is 5.19. The average Bonchev–Trinajstić information content (AvgIpc) is 3.46. The highest BCUT2D eigenvalue weighted by Gasteiger charge is 2.27. The number of nitrogens with one attached hydrogen (secondary N) is 1. The Morgan fingerprint density at radius 2 is 1.64 bits per heavy atom. The summed E-state index contributed by atoms with van der Waals surface area (Å²) in [4.78, 5) is 28.9. The number of thiophene rings is 1. The number of hydrogen-bond acceptors (Lipinski definition) is 5. The van der Waals surface area contributed by atoms with Gasteiger partial charge < -0.3 is 10.1 Å². The lowest BCUT2D eigenvalue weighted by Crippen LogP contribution is -2.35. The molecule has 39 heavy (non-hydrogen) atoms. The number of benzene rings is 3. The SMILES string of the molecule is O=CNCc1ccc(-c2cccc(C(C(=O)OCC3CCN(Cc4ccccc4)CC3)c3ccccc3)c2)s1. The molecule has 1 aromatic heterocycles. The molecule has 1 amide bonds. The molecule has 200 valence electrons. The van der Waals surface area contributed by atoms with Gasteiger partial charge in [-0.2, -0.15) is 0 Å². The highest BCUT2D eigenvalue weighted by molar-refractivity contribution is 7.15. The first-order valence-corrected chi connectivity index (χ1v) is 14.3. The van der Waals surface area contributed by atoms with Gasteiger partial charge in [0, 0.05) is 16.3 Å². The summed E-state index contributed by atoms with van der Waals surface area (Å²) in [6, 6.07) is 32.7. The lowest BCUT2D eigenvalue weighted by atomic mass is 9.90. The fourth-order valence-corrected chi connectivity index (χ4v) is 6.14. The Kier molecular flexibility index (Phi) is 9.20. The molecule has 6 heteroatoms. The summed E-state index contributed by atoms with van der Waals surface area (Å²) in [6.07, 6.45) is 2.78. The van der Waals surface area contributed by atoms with Crippen molar-refractivity contribution < 1.29 is 14.3 Å². The molecule has 4 aromatic rings. The molecule has 5 rings (SSSR count). The third-order valence-corrected chi connectivity index (χ3v) is 8.45. The zero-order valence-electron chi connectivity index (χ0n) is 22.0. The topological polar surface area (TPSA) is 58.6 Å². The summed E-state index contributed by atoms with van der Waals surface area (Å²) < 4.78 is 6.00. The Labute approximate surface area is 234 Å². The van der Waals surface area contributed by atoms with E-state index >= 15 is 0 Å². The first-order chi connectivity index (χ1) is 19.2. The lowest BCUT2D eigenvalue weighted by molar-refractivity contribution is -0.146. The third-order valence-electron chi connectivity index (χ3n) is 7.31. The summed E-state index contributed by atoms with van der Waals surface area (Å²) in [7, 11) is 0. The van der Waals surface area contributed by atoms with E-state index in [-0.39, 0.29) is 5.97 Å². The number of nitrogens with zero attached hydrogens (tertiary/aromatic N) is 1. The molecule has 3 aromatic carbocycles. The number of esters is 1. The van der Waals surface area contributed by atoms with Gasteiger partial charge in [-0.1, -0.05) is 78.9 Å². The molecule has 0 saturated carbocycles. The average molecular weight is 539 g/mol. The highest BCUT2D eigenvalue weighted by atomic mass is 32.1. The fraction of sp³-hybridized carbons (Fsp3) is 0.273. The number of likely N-dealkylation sites (tertiary alicyclic amines) is 1. The minimum Gasteiger partial charge on any atom is -0.465 e. The molecular formula is C33H34N2O3S. The second-order valence-corrected chi connectivity index (χ2v) is 11.2. The van der Waals surface area contributed by atoms with E-state index in [4.69, 9.17) is 4.74 Å². The normalized spacial score (nSPS) is 15.0. The van der Waals surface area contributed by atoms with E-state index in [1.54, 1.807) is 11.3 Å². The van der Waals surface area contributed by atoms with Gasteiger partial charge in [0.05, 0.1) is 13.2 Å². The second-order valence-electron chi connectivity index (χ2n) is 10.1. The van der Waals surface area contributed by atoms with Crippen LogP contribution in [0.5, 0.6) is 0 Å². The first kappa shape index (κ1) is 26.9. The second kappa shape index (κ2) is 13.4. The largest absolute Gasteiger partial charge is 0.465 e. The van der Waals surface area contributed by atoms with Crippen molar-refractivity contribution in [3.05, 3.63) is 119 Å². The van der Waals surface area contributed by atoms with Crippen LogP contribution in [0.1, 0.15) is 40.3 Å². The number of amides is 1. The first-order valence-electron chi connectivity index (χ1n) is 13.5. The van der Waals surface area contributed by atoms with Gasteiger partial charge in [-0.15, -0.1) is 11.3 Å². The van der Waals surface area contributed by atoms with Gasteiger partial charge >= 0.3 is 5.97 Å². The molecule has 1 N–H and O–H groups in total. The molecule has 5 nitrogen and oxygen atoms in total. The molecule has 1 saturated heterocycles. The van der Waals surface area contributed by atoms with Crippen molar-refractivity contribution in [2.24, 2.45) is 5.92 Å². The Balaban J connectivity index is 1.25. The molecule has 0 bridgehead atoms. The molecule has 1 unspecified atom stereocenters. The van der Waals surface area contributed by atoms with E-state index in [2.05, 4.69) is 58.7 Å². The van der Waals surface area contributed by atoms with Crippen LogP contribution in [0.4, 0.5) is 0 Å². The van der Waals surface area contributed by atoms with Gasteiger partial charge in [0.2, 0.25) is 6.41 Å². The quantitative estimate of drug-likeness (QED) is 0.181. The van der Waals surface area contributed by atoms with Crippen molar-refractivity contribution >= 4 is 23.7 Å².